The number of nitrogens with zero attached hydrogens (tertiary/aromatic N) is 3. The summed E-state index contributed by atoms with van der Waals surface area (Å²) in [6.45, 7) is 8.32. The Hall–Kier alpha value is -3.91. The summed E-state index contributed by atoms with van der Waals surface area (Å²) < 4.78 is 15.3. The molecule has 0 bridgehead atoms. The van der Waals surface area contributed by atoms with E-state index in [2.05, 4.69) is 28.6 Å². The molecule has 0 unspecified atom stereocenters. The predicted molar refractivity (Wildman–Crippen MR) is 146 cm³/mol. The van der Waals surface area contributed by atoms with Crippen LogP contribution in [0.5, 0.6) is 5.75 Å². The van der Waals surface area contributed by atoms with Crippen LogP contribution in [-0.4, -0.2) is 28.3 Å². The second kappa shape index (κ2) is 9.86. The smallest absolute Gasteiger partial charge is 0.338 e. The van der Waals surface area contributed by atoms with Crippen LogP contribution in [0.1, 0.15) is 43.6 Å². The number of allylic oxidation sites excluding steroid dienone is 1. The van der Waals surface area contributed by atoms with Crippen LogP contribution >= 0.6 is 11.3 Å². The largest absolute Gasteiger partial charge is 0.494 e. The summed E-state index contributed by atoms with van der Waals surface area (Å²) in [5, 5.41) is 1.08. The van der Waals surface area contributed by atoms with Crippen molar-refractivity contribution in [2.75, 3.05) is 13.2 Å². The van der Waals surface area contributed by atoms with E-state index in [1.54, 1.807) is 18.4 Å². The monoisotopic (exact) mass is 515 g/mol. The zero-order valence-electron chi connectivity index (χ0n) is 21.6. The SMILES string of the molecule is CCOC(=O)C1=C(C)N=c2s/c(=C\c3c(C)n(C)c4ccccc34)c(=O)n2[C@@H]1c1ccc(OCC)cc1. The van der Waals surface area contributed by atoms with Gasteiger partial charge in [-0.2, -0.15) is 0 Å². The van der Waals surface area contributed by atoms with E-state index in [1.807, 2.05) is 56.4 Å². The number of para-hydroxylation sites is 1. The Bertz CT molecular complexity index is 1720. The zero-order chi connectivity index (χ0) is 26.3. The van der Waals surface area contributed by atoms with Crippen LogP contribution in [-0.2, 0) is 16.6 Å². The fourth-order valence-corrected chi connectivity index (χ4v) is 5.91. The van der Waals surface area contributed by atoms with E-state index in [9.17, 15) is 9.59 Å². The van der Waals surface area contributed by atoms with Crippen molar-refractivity contribution in [1.82, 2.24) is 9.13 Å². The van der Waals surface area contributed by atoms with Crippen molar-refractivity contribution in [3.63, 3.8) is 0 Å². The molecule has 37 heavy (non-hydrogen) atoms. The Morgan fingerprint density at radius 1 is 1.08 bits per heavy atom. The third-order valence-corrected chi connectivity index (χ3v) is 7.73. The van der Waals surface area contributed by atoms with Gasteiger partial charge < -0.3 is 14.0 Å². The number of thiazole rings is 1. The van der Waals surface area contributed by atoms with Crippen LogP contribution in [0.15, 0.2) is 69.6 Å². The third kappa shape index (κ3) is 4.21. The Labute approximate surface area is 218 Å². The highest BCUT2D eigenvalue weighted by Crippen LogP contribution is 2.32. The zero-order valence-corrected chi connectivity index (χ0v) is 22.4. The Morgan fingerprint density at radius 2 is 1.81 bits per heavy atom. The molecule has 0 N–H and O–H groups in total. The number of esters is 1. The molecule has 0 radical (unpaired) electrons. The average Bonchev–Trinajstić information content (AvgIpc) is 3.32. The van der Waals surface area contributed by atoms with Crippen LogP contribution < -0.4 is 19.6 Å². The minimum absolute atomic E-state index is 0.190. The molecule has 0 saturated carbocycles. The van der Waals surface area contributed by atoms with Crippen LogP contribution in [0, 0.1) is 6.92 Å². The van der Waals surface area contributed by atoms with Crippen LogP contribution in [0.3, 0.4) is 0 Å². The molecule has 0 fully saturated rings. The molecule has 0 saturated heterocycles. The molecular weight excluding hydrogens is 486 g/mol. The highest BCUT2D eigenvalue weighted by atomic mass is 32.1. The summed E-state index contributed by atoms with van der Waals surface area (Å²) in [4.78, 5) is 32.3. The Kier molecular flexibility index (Phi) is 6.60. The standard InChI is InChI=1S/C29H29N3O4S/c1-6-35-20-14-12-19(13-15-20)26-25(28(34)36-7-2)17(3)30-29-32(26)27(33)24(37-29)16-22-18(4)31(5)23-11-9-8-10-21(22)23/h8-16,26H,6-7H2,1-5H3/b24-16-/t26-/m1/s1. The summed E-state index contributed by atoms with van der Waals surface area (Å²) in [5.74, 6) is 0.255. The van der Waals surface area contributed by atoms with Gasteiger partial charge in [0, 0.05) is 29.2 Å². The first-order valence-electron chi connectivity index (χ1n) is 12.3. The average molecular weight is 516 g/mol. The summed E-state index contributed by atoms with van der Waals surface area (Å²) >= 11 is 1.33. The molecule has 0 spiro atoms. The highest BCUT2D eigenvalue weighted by Gasteiger charge is 2.33. The lowest BCUT2D eigenvalue weighted by atomic mass is 9.96. The number of carbonyl (C=O) groups excluding carboxylic acids is 1. The van der Waals surface area contributed by atoms with Gasteiger partial charge in [-0.05, 0) is 57.5 Å². The number of fused-ring (bicyclic) bond motifs is 2. The predicted octanol–water partition coefficient (Wildman–Crippen LogP) is 4.00. The van der Waals surface area contributed by atoms with Crippen molar-refractivity contribution in [1.29, 1.82) is 0 Å². The second-order valence-corrected chi connectivity index (χ2v) is 9.89. The van der Waals surface area contributed by atoms with Gasteiger partial charge in [0.05, 0.1) is 35.1 Å². The lowest BCUT2D eigenvalue weighted by Crippen LogP contribution is -2.39. The molecule has 1 aliphatic rings. The summed E-state index contributed by atoms with van der Waals surface area (Å²) in [5.41, 5.74) is 4.68. The van der Waals surface area contributed by atoms with Crippen LogP contribution in [0.25, 0.3) is 17.0 Å². The maximum absolute atomic E-state index is 13.9. The molecule has 2 aromatic carbocycles. The lowest BCUT2D eigenvalue weighted by molar-refractivity contribution is -0.139. The summed E-state index contributed by atoms with van der Waals surface area (Å²) in [6.07, 6.45) is 1.94. The van der Waals surface area contributed by atoms with Gasteiger partial charge in [0.25, 0.3) is 5.56 Å². The Balaban J connectivity index is 1.74. The first-order valence-corrected chi connectivity index (χ1v) is 13.1. The Morgan fingerprint density at radius 3 is 2.51 bits per heavy atom. The molecule has 1 aliphatic heterocycles. The van der Waals surface area contributed by atoms with Gasteiger partial charge >= 0.3 is 5.97 Å². The number of hydrogen-bond acceptors (Lipinski definition) is 6. The van der Waals surface area contributed by atoms with Crippen molar-refractivity contribution < 1.29 is 14.3 Å². The molecule has 2 aromatic heterocycles. The highest BCUT2D eigenvalue weighted by molar-refractivity contribution is 7.07. The molecule has 0 amide bonds. The number of aryl methyl sites for hydroxylation is 1. The number of benzene rings is 2. The maximum Gasteiger partial charge on any atom is 0.338 e. The van der Waals surface area contributed by atoms with Crippen molar-refractivity contribution in [3.05, 3.63) is 96.3 Å². The molecule has 4 aromatic rings. The molecule has 7 nitrogen and oxygen atoms in total. The normalized spacial score (nSPS) is 15.6. The van der Waals surface area contributed by atoms with E-state index in [1.165, 1.54) is 11.3 Å². The molecular formula is C29H29N3O4S. The quantitative estimate of drug-likeness (QED) is 0.364. The lowest BCUT2D eigenvalue weighted by Gasteiger charge is -2.24. The minimum atomic E-state index is -0.651. The van der Waals surface area contributed by atoms with Gasteiger partial charge in [0.1, 0.15) is 5.75 Å². The van der Waals surface area contributed by atoms with Gasteiger partial charge in [-0.1, -0.05) is 41.7 Å². The number of aromatic nitrogens is 2. The van der Waals surface area contributed by atoms with Gasteiger partial charge in [0.15, 0.2) is 4.80 Å². The molecule has 8 heteroatoms. The van der Waals surface area contributed by atoms with Crippen molar-refractivity contribution in [2.24, 2.45) is 12.0 Å². The third-order valence-electron chi connectivity index (χ3n) is 6.75. The van der Waals surface area contributed by atoms with Crippen molar-refractivity contribution in [3.8, 4) is 5.75 Å². The molecule has 1 atom stereocenters. The van der Waals surface area contributed by atoms with Gasteiger partial charge in [-0.15, -0.1) is 0 Å². The first kappa shape index (κ1) is 24.8. The number of carbonyl (C=O) groups is 1. The molecule has 0 aliphatic carbocycles. The first-order chi connectivity index (χ1) is 17.8. The van der Waals surface area contributed by atoms with Crippen molar-refractivity contribution in [2.45, 2.75) is 33.7 Å². The number of hydrogen-bond donors (Lipinski definition) is 0. The van der Waals surface area contributed by atoms with E-state index in [0.29, 0.717) is 27.2 Å². The van der Waals surface area contributed by atoms with E-state index in [0.717, 1.165) is 33.5 Å². The summed E-state index contributed by atoms with van der Waals surface area (Å²) in [7, 11) is 2.03. The number of ether oxygens (including phenoxy) is 2. The van der Waals surface area contributed by atoms with E-state index in [4.69, 9.17) is 9.47 Å². The van der Waals surface area contributed by atoms with Gasteiger partial charge in [-0.25, -0.2) is 9.79 Å². The maximum atomic E-state index is 13.9. The minimum Gasteiger partial charge on any atom is -0.494 e. The fraction of sp³-hybridized carbons (Fsp3) is 0.276. The van der Waals surface area contributed by atoms with E-state index in [-0.39, 0.29) is 12.2 Å². The van der Waals surface area contributed by atoms with E-state index < -0.39 is 12.0 Å². The van der Waals surface area contributed by atoms with Gasteiger partial charge in [0.2, 0.25) is 0 Å². The molecule has 3 heterocycles. The van der Waals surface area contributed by atoms with Crippen LogP contribution in [0.2, 0.25) is 0 Å². The molecule has 5 rings (SSSR count). The van der Waals surface area contributed by atoms with E-state index >= 15 is 0 Å². The van der Waals surface area contributed by atoms with Gasteiger partial charge in [-0.3, -0.25) is 9.36 Å². The second-order valence-electron chi connectivity index (χ2n) is 8.88. The van der Waals surface area contributed by atoms with Crippen LogP contribution in [0.4, 0.5) is 0 Å². The number of rotatable bonds is 6. The fourth-order valence-electron chi connectivity index (χ4n) is 4.88. The molecule has 190 valence electrons. The topological polar surface area (TPSA) is 74.8 Å². The van der Waals surface area contributed by atoms with Crippen molar-refractivity contribution >= 4 is 34.3 Å². The summed E-state index contributed by atoms with van der Waals surface area (Å²) in [6, 6.07) is 15.0.